The molecule has 0 saturated carbocycles. The molecule has 0 saturated heterocycles. The van der Waals surface area contributed by atoms with E-state index in [2.05, 4.69) is 0 Å². The number of hydrogen-bond acceptors (Lipinski definition) is 4. The summed E-state index contributed by atoms with van der Waals surface area (Å²) in [5.74, 6) is -2.28. The van der Waals surface area contributed by atoms with Crippen molar-refractivity contribution >= 4 is 21.4 Å². The maximum atomic E-state index is 13.6. The molecule has 5 nitrogen and oxygen atoms in total. The average molecular weight is 288 g/mol. The Bertz CT molecular complexity index is 585. The van der Waals surface area contributed by atoms with Gasteiger partial charge in [0.2, 0.25) is 5.91 Å². The van der Waals surface area contributed by atoms with Crippen LogP contribution < -0.4 is 5.73 Å². The Labute approximate surface area is 112 Å². The van der Waals surface area contributed by atoms with Crippen molar-refractivity contribution in [3.8, 4) is 0 Å². The van der Waals surface area contributed by atoms with Crippen molar-refractivity contribution < 1.29 is 17.6 Å². The van der Waals surface area contributed by atoms with E-state index < -0.39 is 32.2 Å². The first-order valence-corrected chi connectivity index (χ1v) is 7.34. The molecular weight excluding hydrogens is 271 g/mol. The van der Waals surface area contributed by atoms with Gasteiger partial charge in [0.05, 0.1) is 0 Å². The SMILES string of the molecule is CC(C)N(C)C(=O)CS(=O)(=O)c1ccc(N)cc1F. The zero-order valence-electron chi connectivity index (χ0n) is 11.1. The minimum atomic E-state index is -4.01. The predicted octanol–water partition coefficient (Wildman–Crippen LogP) is 1.05. The number of benzene rings is 1. The number of anilines is 1. The molecule has 0 fully saturated rings. The summed E-state index contributed by atoms with van der Waals surface area (Å²) in [7, 11) is -2.51. The Morgan fingerprint density at radius 3 is 2.47 bits per heavy atom. The highest BCUT2D eigenvalue weighted by Gasteiger charge is 2.25. The van der Waals surface area contributed by atoms with Gasteiger partial charge in [-0.25, -0.2) is 12.8 Å². The molecule has 1 amide bonds. The van der Waals surface area contributed by atoms with Gasteiger partial charge >= 0.3 is 0 Å². The molecule has 7 heteroatoms. The minimum absolute atomic E-state index is 0.126. The van der Waals surface area contributed by atoms with Crippen molar-refractivity contribution in [1.82, 2.24) is 4.90 Å². The molecule has 0 aromatic heterocycles. The molecule has 19 heavy (non-hydrogen) atoms. The Morgan fingerprint density at radius 1 is 1.42 bits per heavy atom. The van der Waals surface area contributed by atoms with Crippen molar-refractivity contribution in [2.24, 2.45) is 0 Å². The van der Waals surface area contributed by atoms with Crippen LogP contribution >= 0.6 is 0 Å². The molecule has 0 aliphatic carbocycles. The summed E-state index contributed by atoms with van der Waals surface area (Å²) in [5.41, 5.74) is 5.48. The van der Waals surface area contributed by atoms with Gasteiger partial charge in [0.25, 0.3) is 0 Å². The van der Waals surface area contributed by atoms with E-state index in [1.807, 2.05) is 0 Å². The largest absolute Gasteiger partial charge is 0.399 e. The number of amides is 1. The molecular formula is C12H17FN2O3S. The predicted molar refractivity (Wildman–Crippen MR) is 70.8 cm³/mol. The summed E-state index contributed by atoms with van der Waals surface area (Å²) >= 11 is 0. The maximum Gasteiger partial charge on any atom is 0.238 e. The van der Waals surface area contributed by atoms with E-state index in [0.717, 1.165) is 12.1 Å². The molecule has 0 aliphatic heterocycles. The van der Waals surface area contributed by atoms with Crippen molar-refractivity contribution in [2.75, 3.05) is 18.5 Å². The van der Waals surface area contributed by atoms with Crippen molar-refractivity contribution in [3.63, 3.8) is 0 Å². The van der Waals surface area contributed by atoms with Crippen LogP contribution in [0.1, 0.15) is 13.8 Å². The lowest BCUT2D eigenvalue weighted by atomic mass is 10.3. The van der Waals surface area contributed by atoms with E-state index in [1.165, 1.54) is 18.0 Å². The quantitative estimate of drug-likeness (QED) is 0.840. The van der Waals surface area contributed by atoms with Crippen LogP contribution in [0.2, 0.25) is 0 Å². The smallest absolute Gasteiger partial charge is 0.238 e. The number of rotatable bonds is 4. The Kier molecular flexibility index (Phi) is 4.52. The summed E-state index contributed by atoms with van der Waals surface area (Å²) < 4.78 is 37.5. The summed E-state index contributed by atoms with van der Waals surface area (Å²) in [5, 5.41) is 0. The van der Waals surface area contributed by atoms with Crippen LogP contribution in [-0.4, -0.2) is 38.1 Å². The highest BCUT2D eigenvalue weighted by Crippen LogP contribution is 2.19. The lowest BCUT2D eigenvalue weighted by Gasteiger charge is -2.21. The van der Waals surface area contributed by atoms with E-state index in [1.54, 1.807) is 13.8 Å². The Hall–Kier alpha value is -1.63. The molecule has 0 spiro atoms. The third-order valence-corrected chi connectivity index (χ3v) is 4.40. The molecule has 0 radical (unpaired) electrons. The Balaban J connectivity index is 3.02. The van der Waals surface area contributed by atoms with Crippen LogP contribution in [0.4, 0.5) is 10.1 Å². The molecule has 0 heterocycles. The van der Waals surface area contributed by atoms with Gasteiger partial charge in [-0.1, -0.05) is 0 Å². The number of nitrogens with zero attached hydrogens (tertiary/aromatic N) is 1. The minimum Gasteiger partial charge on any atom is -0.399 e. The number of carbonyl (C=O) groups is 1. The topological polar surface area (TPSA) is 80.5 Å². The molecule has 0 bridgehead atoms. The van der Waals surface area contributed by atoms with Crippen molar-refractivity contribution in [1.29, 1.82) is 0 Å². The van der Waals surface area contributed by atoms with Crippen LogP contribution in [0.15, 0.2) is 23.1 Å². The van der Waals surface area contributed by atoms with Gasteiger partial charge < -0.3 is 10.6 Å². The monoisotopic (exact) mass is 288 g/mol. The molecule has 1 aromatic carbocycles. The number of hydrogen-bond donors (Lipinski definition) is 1. The highest BCUT2D eigenvalue weighted by atomic mass is 32.2. The number of nitrogens with two attached hydrogens (primary N) is 1. The number of nitrogen functional groups attached to an aromatic ring is 1. The summed E-state index contributed by atoms with van der Waals surface area (Å²) in [6.07, 6.45) is 0. The third kappa shape index (κ3) is 3.66. The van der Waals surface area contributed by atoms with E-state index in [0.29, 0.717) is 0 Å². The van der Waals surface area contributed by atoms with Crippen LogP contribution in [0.5, 0.6) is 0 Å². The number of halogens is 1. The molecule has 0 aliphatic rings. The first kappa shape index (κ1) is 15.4. The number of carbonyl (C=O) groups excluding carboxylic acids is 1. The lowest BCUT2D eigenvalue weighted by Crippen LogP contribution is -2.37. The fourth-order valence-electron chi connectivity index (χ4n) is 1.40. The van der Waals surface area contributed by atoms with Crippen LogP contribution in [0.25, 0.3) is 0 Å². The second kappa shape index (κ2) is 5.56. The van der Waals surface area contributed by atoms with E-state index in [9.17, 15) is 17.6 Å². The van der Waals surface area contributed by atoms with Gasteiger partial charge in [0.1, 0.15) is 16.5 Å². The zero-order chi connectivity index (χ0) is 14.8. The molecule has 1 aromatic rings. The van der Waals surface area contributed by atoms with E-state index in [-0.39, 0.29) is 11.7 Å². The summed E-state index contributed by atoms with van der Waals surface area (Å²) in [6.45, 7) is 3.52. The molecule has 0 unspecified atom stereocenters. The van der Waals surface area contributed by atoms with Crippen LogP contribution in [0, 0.1) is 5.82 Å². The normalized spacial score (nSPS) is 11.6. The van der Waals surface area contributed by atoms with Gasteiger partial charge in [-0.05, 0) is 32.0 Å². The average Bonchev–Trinajstić information content (AvgIpc) is 2.26. The standard InChI is InChI=1S/C12H17FN2O3S/c1-8(2)15(3)12(16)7-19(17,18)11-5-4-9(14)6-10(11)13/h4-6,8H,7,14H2,1-3H3. The zero-order valence-corrected chi connectivity index (χ0v) is 11.9. The molecule has 1 rings (SSSR count). The first-order chi connectivity index (χ1) is 8.65. The fraction of sp³-hybridized carbons (Fsp3) is 0.417. The Morgan fingerprint density at radius 2 is 2.00 bits per heavy atom. The molecule has 106 valence electrons. The van der Waals surface area contributed by atoms with Gasteiger partial charge in [0.15, 0.2) is 9.84 Å². The first-order valence-electron chi connectivity index (χ1n) is 5.68. The fourth-order valence-corrected chi connectivity index (χ4v) is 2.72. The second-order valence-electron chi connectivity index (χ2n) is 4.55. The summed E-state index contributed by atoms with van der Waals surface area (Å²) in [6, 6.07) is 3.15. The van der Waals surface area contributed by atoms with Gasteiger partial charge in [-0.15, -0.1) is 0 Å². The van der Waals surface area contributed by atoms with E-state index in [4.69, 9.17) is 5.73 Å². The van der Waals surface area contributed by atoms with Crippen molar-refractivity contribution in [2.45, 2.75) is 24.8 Å². The summed E-state index contributed by atoms with van der Waals surface area (Å²) in [4.78, 5) is 12.5. The van der Waals surface area contributed by atoms with Gasteiger partial charge in [0, 0.05) is 18.8 Å². The van der Waals surface area contributed by atoms with Crippen molar-refractivity contribution in [3.05, 3.63) is 24.0 Å². The van der Waals surface area contributed by atoms with Gasteiger partial charge in [-0.3, -0.25) is 4.79 Å². The number of sulfone groups is 1. The van der Waals surface area contributed by atoms with E-state index >= 15 is 0 Å². The highest BCUT2D eigenvalue weighted by molar-refractivity contribution is 7.92. The van der Waals surface area contributed by atoms with Crippen LogP contribution in [0.3, 0.4) is 0 Å². The molecule has 0 atom stereocenters. The van der Waals surface area contributed by atoms with Crippen LogP contribution in [-0.2, 0) is 14.6 Å². The van der Waals surface area contributed by atoms with Gasteiger partial charge in [-0.2, -0.15) is 0 Å². The third-order valence-electron chi connectivity index (χ3n) is 2.77. The second-order valence-corrected chi connectivity index (χ2v) is 6.51. The molecule has 2 N–H and O–H groups in total. The lowest BCUT2D eigenvalue weighted by molar-refractivity contribution is -0.128. The maximum absolute atomic E-state index is 13.6.